The first-order valence-electron chi connectivity index (χ1n) is 4.99. The maximum atomic E-state index is 13.0. The molecule has 0 aliphatic rings. The second-order valence-corrected chi connectivity index (χ2v) is 5.38. The molecule has 0 heterocycles. The molecular formula is C10H11F2NO4S. The van der Waals surface area contributed by atoms with E-state index in [4.69, 9.17) is 5.11 Å². The Balaban J connectivity index is 3.23. The number of anilines is 1. The number of hydrogen-bond donors (Lipinski definition) is 2. The first-order valence-corrected chi connectivity index (χ1v) is 6.65. The van der Waals surface area contributed by atoms with Crippen molar-refractivity contribution in [2.45, 2.75) is 13.3 Å². The summed E-state index contributed by atoms with van der Waals surface area (Å²) >= 11 is 0. The number of hydrogen-bond acceptors (Lipinski definition) is 3. The summed E-state index contributed by atoms with van der Waals surface area (Å²) in [5.41, 5.74) is -1.14. The molecule has 0 aliphatic heterocycles. The molecule has 0 aliphatic carbocycles. The Morgan fingerprint density at radius 1 is 1.33 bits per heavy atom. The maximum Gasteiger partial charge on any atom is 0.337 e. The summed E-state index contributed by atoms with van der Waals surface area (Å²) < 4.78 is 50.7. The minimum absolute atomic E-state index is 0.245. The molecule has 18 heavy (non-hydrogen) atoms. The predicted molar refractivity (Wildman–Crippen MR) is 61.0 cm³/mol. The highest BCUT2D eigenvalue weighted by atomic mass is 32.2. The van der Waals surface area contributed by atoms with Crippen molar-refractivity contribution in [2.24, 2.45) is 0 Å². The number of carboxylic acid groups (broad SMARTS) is 1. The molecule has 100 valence electrons. The van der Waals surface area contributed by atoms with Crippen LogP contribution in [0.4, 0.5) is 14.5 Å². The molecule has 0 bridgehead atoms. The number of sulfonamides is 1. The lowest BCUT2D eigenvalue weighted by atomic mass is 10.2. The average molecular weight is 279 g/mol. The average Bonchev–Trinajstić information content (AvgIpc) is 2.22. The molecule has 1 aromatic carbocycles. The van der Waals surface area contributed by atoms with E-state index in [9.17, 15) is 22.0 Å². The van der Waals surface area contributed by atoms with Gasteiger partial charge in [-0.15, -0.1) is 0 Å². The molecule has 1 aromatic rings. The van der Waals surface area contributed by atoms with Gasteiger partial charge < -0.3 is 5.11 Å². The van der Waals surface area contributed by atoms with Crippen molar-refractivity contribution in [1.29, 1.82) is 0 Å². The predicted octanol–water partition coefficient (Wildman–Crippen LogP) is 1.81. The minimum Gasteiger partial charge on any atom is -0.478 e. The van der Waals surface area contributed by atoms with Crippen LogP contribution in [0, 0.1) is 11.6 Å². The third-order valence-corrected chi connectivity index (χ3v) is 3.51. The van der Waals surface area contributed by atoms with Crippen LogP contribution in [0.5, 0.6) is 0 Å². The molecule has 2 N–H and O–H groups in total. The molecule has 0 atom stereocenters. The van der Waals surface area contributed by atoms with E-state index in [2.05, 4.69) is 0 Å². The topological polar surface area (TPSA) is 83.5 Å². The van der Waals surface area contributed by atoms with Gasteiger partial charge in [-0.05, 0) is 12.5 Å². The van der Waals surface area contributed by atoms with Gasteiger partial charge in [-0.3, -0.25) is 4.72 Å². The zero-order chi connectivity index (χ0) is 13.9. The largest absolute Gasteiger partial charge is 0.478 e. The van der Waals surface area contributed by atoms with Crippen LogP contribution in [-0.4, -0.2) is 25.2 Å². The molecular weight excluding hydrogens is 268 g/mol. The third-order valence-electron chi connectivity index (χ3n) is 2.03. The summed E-state index contributed by atoms with van der Waals surface area (Å²) in [4.78, 5) is 10.8. The SMILES string of the molecule is CCCS(=O)(=O)Nc1cc(F)c(F)cc1C(=O)O. The molecule has 0 spiro atoms. The fourth-order valence-electron chi connectivity index (χ4n) is 1.30. The number of halogens is 2. The zero-order valence-electron chi connectivity index (χ0n) is 9.41. The lowest BCUT2D eigenvalue weighted by Gasteiger charge is -2.10. The van der Waals surface area contributed by atoms with Gasteiger partial charge in [-0.1, -0.05) is 6.92 Å². The molecule has 1 rings (SSSR count). The molecule has 0 unspecified atom stereocenters. The van der Waals surface area contributed by atoms with Crippen LogP contribution in [0.2, 0.25) is 0 Å². The van der Waals surface area contributed by atoms with Crippen molar-refractivity contribution in [3.8, 4) is 0 Å². The molecule has 0 saturated heterocycles. The smallest absolute Gasteiger partial charge is 0.337 e. The van der Waals surface area contributed by atoms with Gasteiger partial charge in [0.25, 0.3) is 0 Å². The monoisotopic (exact) mass is 279 g/mol. The van der Waals surface area contributed by atoms with E-state index in [-0.39, 0.29) is 5.75 Å². The van der Waals surface area contributed by atoms with E-state index in [1.54, 1.807) is 6.92 Å². The number of nitrogens with one attached hydrogen (secondary N) is 1. The fourth-order valence-corrected chi connectivity index (χ4v) is 2.44. The van der Waals surface area contributed by atoms with Gasteiger partial charge in [-0.2, -0.15) is 0 Å². The van der Waals surface area contributed by atoms with Crippen LogP contribution < -0.4 is 4.72 Å². The van der Waals surface area contributed by atoms with Crippen LogP contribution in [0.3, 0.4) is 0 Å². The van der Waals surface area contributed by atoms with Crippen molar-refractivity contribution in [1.82, 2.24) is 0 Å². The highest BCUT2D eigenvalue weighted by Gasteiger charge is 2.19. The quantitative estimate of drug-likeness (QED) is 0.861. The van der Waals surface area contributed by atoms with Crippen molar-refractivity contribution >= 4 is 21.7 Å². The number of rotatable bonds is 5. The summed E-state index contributed by atoms with van der Waals surface area (Å²) in [6.07, 6.45) is 0.307. The van der Waals surface area contributed by atoms with Crippen LogP contribution >= 0.6 is 0 Å². The van der Waals surface area contributed by atoms with Gasteiger partial charge in [0.1, 0.15) is 0 Å². The van der Waals surface area contributed by atoms with Crippen LogP contribution in [0.25, 0.3) is 0 Å². The number of carboxylic acids is 1. The third kappa shape index (κ3) is 3.39. The lowest BCUT2D eigenvalue weighted by molar-refractivity contribution is 0.0697. The number of carbonyl (C=O) groups is 1. The molecule has 0 fully saturated rings. The molecule has 8 heteroatoms. The summed E-state index contributed by atoms with van der Waals surface area (Å²) in [5.74, 6) is -4.48. The maximum absolute atomic E-state index is 13.0. The van der Waals surface area contributed by atoms with Crippen molar-refractivity contribution in [3.05, 3.63) is 29.3 Å². The highest BCUT2D eigenvalue weighted by molar-refractivity contribution is 7.92. The van der Waals surface area contributed by atoms with Gasteiger partial charge >= 0.3 is 5.97 Å². The summed E-state index contributed by atoms with van der Waals surface area (Å²) in [6, 6.07) is 0.938. The Morgan fingerprint density at radius 2 is 1.89 bits per heavy atom. The summed E-state index contributed by atoms with van der Waals surface area (Å²) in [6.45, 7) is 1.61. The Kier molecular flexibility index (Phi) is 4.23. The van der Waals surface area contributed by atoms with Crippen molar-refractivity contribution in [2.75, 3.05) is 10.5 Å². The Bertz CT molecular complexity index is 571. The van der Waals surface area contributed by atoms with E-state index in [1.807, 2.05) is 4.72 Å². The second kappa shape index (κ2) is 5.30. The summed E-state index contributed by atoms with van der Waals surface area (Å²) in [5, 5.41) is 8.78. The van der Waals surface area contributed by atoms with E-state index >= 15 is 0 Å². The lowest BCUT2D eigenvalue weighted by Crippen LogP contribution is -2.18. The van der Waals surface area contributed by atoms with Gasteiger partial charge in [0, 0.05) is 6.07 Å². The second-order valence-electron chi connectivity index (χ2n) is 3.54. The van der Waals surface area contributed by atoms with E-state index < -0.39 is 38.9 Å². The standard InChI is InChI=1S/C10H11F2NO4S/c1-2-3-18(16,17)13-9-5-8(12)7(11)4-6(9)10(14)15/h4-5,13H,2-3H2,1H3,(H,14,15). The molecule has 0 saturated carbocycles. The number of benzene rings is 1. The van der Waals surface area contributed by atoms with Crippen LogP contribution in [0.1, 0.15) is 23.7 Å². The molecule has 0 radical (unpaired) electrons. The van der Waals surface area contributed by atoms with Crippen molar-refractivity contribution < 1.29 is 27.1 Å². The Hall–Kier alpha value is -1.70. The van der Waals surface area contributed by atoms with Crippen molar-refractivity contribution in [3.63, 3.8) is 0 Å². The van der Waals surface area contributed by atoms with Gasteiger partial charge in [-0.25, -0.2) is 22.0 Å². The van der Waals surface area contributed by atoms with Crippen LogP contribution in [-0.2, 0) is 10.0 Å². The van der Waals surface area contributed by atoms with Crippen LogP contribution in [0.15, 0.2) is 12.1 Å². The Morgan fingerprint density at radius 3 is 2.39 bits per heavy atom. The summed E-state index contributed by atoms with van der Waals surface area (Å²) in [7, 11) is -3.77. The first kappa shape index (κ1) is 14.4. The van der Waals surface area contributed by atoms with E-state index in [0.717, 1.165) is 0 Å². The van der Waals surface area contributed by atoms with Gasteiger partial charge in [0.2, 0.25) is 10.0 Å². The fraction of sp³-hybridized carbons (Fsp3) is 0.300. The molecule has 5 nitrogen and oxygen atoms in total. The van der Waals surface area contributed by atoms with E-state index in [0.29, 0.717) is 18.6 Å². The van der Waals surface area contributed by atoms with Gasteiger partial charge in [0.15, 0.2) is 11.6 Å². The first-order chi connectivity index (χ1) is 8.26. The highest BCUT2D eigenvalue weighted by Crippen LogP contribution is 2.21. The molecule has 0 amide bonds. The number of aromatic carboxylic acids is 1. The normalized spacial score (nSPS) is 11.3. The zero-order valence-corrected chi connectivity index (χ0v) is 10.2. The minimum atomic E-state index is -3.77. The Labute approximate surface area is 102 Å². The van der Waals surface area contributed by atoms with Gasteiger partial charge in [0.05, 0.1) is 17.0 Å². The molecule has 0 aromatic heterocycles. The van der Waals surface area contributed by atoms with E-state index in [1.165, 1.54) is 0 Å².